The monoisotopic (exact) mass is 334 g/mol. The van der Waals surface area contributed by atoms with Crippen LogP contribution in [0.15, 0.2) is 59.5 Å². The largest absolute Gasteiger partial charge is 0.301 e. The second-order valence-electron chi connectivity index (χ2n) is 5.04. The van der Waals surface area contributed by atoms with Crippen LogP contribution in [0, 0.1) is 10.1 Å². The molecule has 0 amide bonds. The van der Waals surface area contributed by atoms with Gasteiger partial charge in [-0.1, -0.05) is 30.3 Å². The predicted octanol–water partition coefficient (Wildman–Crippen LogP) is 1.99. The van der Waals surface area contributed by atoms with Gasteiger partial charge in [0.1, 0.15) is 11.8 Å². The van der Waals surface area contributed by atoms with E-state index in [-0.39, 0.29) is 10.6 Å². The van der Waals surface area contributed by atoms with Gasteiger partial charge >= 0.3 is 0 Å². The molecule has 23 heavy (non-hydrogen) atoms. The number of hydrogen-bond donors (Lipinski definition) is 1. The summed E-state index contributed by atoms with van der Waals surface area (Å²) in [5, 5.41) is 10.6. The highest BCUT2D eigenvalue weighted by Gasteiger charge is 2.32. The van der Waals surface area contributed by atoms with Gasteiger partial charge in [0.2, 0.25) is 10.0 Å². The van der Waals surface area contributed by atoms with Crippen molar-refractivity contribution in [1.82, 2.24) is 4.72 Å². The molecule has 8 heteroatoms. The fourth-order valence-electron chi connectivity index (χ4n) is 2.02. The van der Waals surface area contributed by atoms with Crippen LogP contribution < -0.4 is 4.72 Å². The van der Waals surface area contributed by atoms with E-state index in [0.717, 1.165) is 24.3 Å². The van der Waals surface area contributed by atoms with Gasteiger partial charge < -0.3 is 4.79 Å². The van der Waals surface area contributed by atoms with Gasteiger partial charge in [-0.3, -0.25) is 10.1 Å². The highest BCUT2D eigenvalue weighted by molar-refractivity contribution is 7.89. The zero-order valence-electron chi connectivity index (χ0n) is 12.2. The van der Waals surface area contributed by atoms with E-state index in [0.29, 0.717) is 11.8 Å². The molecule has 0 spiro atoms. The van der Waals surface area contributed by atoms with Gasteiger partial charge in [-0.25, -0.2) is 8.42 Å². The first kappa shape index (κ1) is 16.8. The van der Waals surface area contributed by atoms with Crippen LogP contribution in [0.25, 0.3) is 0 Å². The molecule has 0 aliphatic carbocycles. The summed E-state index contributed by atoms with van der Waals surface area (Å²) in [6.07, 6.45) is 0.505. The van der Waals surface area contributed by atoms with Crippen molar-refractivity contribution in [2.45, 2.75) is 17.4 Å². The van der Waals surface area contributed by atoms with Crippen LogP contribution >= 0.6 is 0 Å². The summed E-state index contributed by atoms with van der Waals surface area (Å²) in [6.45, 7) is 1.44. The van der Waals surface area contributed by atoms with Crippen molar-refractivity contribution >= 4 is 22.0 Å². The Hall–Kier alpha value is -2.58. The van der Waals surface area contributed by atoms with Crippen LogP contribution in [0.4, 0.5) is 5.69 Å². The van der Waals surface area contributed by atoms with E-state index >= 15 is 0 Å². The molecule has 0 heterocycles. The maximum Gasteiger partial charge on any atom is 0.269 e. The number of benzene rings is 2. The Morgan fingerprint density at radius 2 is 1.65 bits per heavy atom. The second kappa shape index (κ2) is 6.27. The predicted molar refractivity (Wildman–Crippen MR) is 83.3 cm³/mol. The fraction of sp³-hybridized carbons (Fsp3) is 0.133. The molecule has 0 aliphatic rings. The summed E-state index contributed by atoms with van der Waals surface area (Å²) in [6, 6.07) is 12.8. The first-order valence-corrected chi connectivity index (χ1v) is 8.07. The molecule has 0 aromatic heterocycles. The Labute approximate surface area is 133 Å². The van der Waals surface area contributed by atoms with Crippen molar-refractivity contribution in [3.8, 4) is 0 Å². The Morgan fingerprint density at radius 3 is 2.13 bits per heavy atom. The van der Waals surface area contributed by atoms with Gasteiger partial charge in [-0.15, -0.1) is 0 Å². The van der Waals surface area contributed by atoms with Crippen LogP contribution in [0.3, 0.4) is 0 Å². The average Bonchev–Trinajstić information content (AvgIpc) is 2.55. The highest BCUT2D eigenvalue weighted by Crippen LogP contribution is 2.22. The van der Waals surface area contributed by atoms with Gasteiger partial charge in [0.05, 0.1) is 9.82 Å². The minimum absolute atomic E-state index is 0.160. The Kier molecular flexibility index (Phi) is 4.57. The number of aldehydes is 1. The van der Waals surface area contributed by atoms with Gasteiger partial charge in [0, 0.05) is 12.1 Å². The molecular weight excluding hydrogens is 320 g/mol. The number of rotatable bonds is 6. The van der Waals surface area contributed by atoms with E-state index in [2.05, 4.69) is 4.72 Å². The molecule has 0 unspecified atom stereocenters. The number of carbonyl (C=O) groups is 1. The summed E-state index contributed by atoms with van der Waals surface area (Å²) in [5.74, 6) is 0. The van der Waals surface area contributed by atoms with Crippen LogP contribution in [0.1, 0.15) is 12.5 Å². The molecule has 0 bridgehead atoms. The van der Waals surface area contributed by atoms with Crippen LogP contribution in [-0.4, -0.2) is 19.6 Å². The molecule has 0 aliphatic heterocycles. The molecule has 0 saturated carbocycles. The summed E-state index contributed by atoms with van der Waals surface area (Å²) in [5.41, 5.74) is -1.17. The SMILES string of the molecule is C[C@](C=O)(NS(=O)(=O)c1ccc([N+](=O)[O-])cc1)c1ccccc1. The third-order valence-corrected chi connectivity index (χ3v) is 4.90. The normalized spacial score (nSPS) is 14.0. The number of hydrogen-bond acceptors (Lipinski definition) is 5. The molecule has 0 saturated heterocycles. The molecule has 7 nitrogen and oxygen atoms in total. The highest BCUT2D eigenvalue weighted by atomic mass is 32.2. The summed E-state index contributed by atoms with van der Waals surface area (Å²) < 4.78 is 27.2. The lowest BCUT2D eigenvalue weighted by atomic mass is 9.95. The van der Waals surface area contributed by atoms with E-state index in [1.807, 2.05) is 0 Å². The number of nitro groups is 1. The lowest BCUT2D eigenvalue weighted by Gasteiger charge is -2.25. The Balaban J connectivity index is 2.36. The minimum Gasteiger partial charge on any atom is -0.301 e. The van der Waals surface area contributed by atoms with Gasteiger partial charge in [0.25, 0.3) is 5.69 Å². The molecule has 1 N–H and O–H groups in total. The van der Waals surface area contributed by atoms with Crippen molar-refractivity contribution in [3.63, 3.8) is 0 Å². The average molecular weight is 334 g/mol. The van der Waals surface area contributed by atoms with Crippen molar-refractivity contribution in [2.24, 2.45) is 0 Å². The number of nitro benzene ring substituents is 1. The van der Waals surface area contributed by atoms with Gasteiger partial charge in [-0.05, 0) is 24.6 Å². The number of nitrogens with zero attached hydrogens (tertiary/aromatic N) is 1. The number of non-ortho nitro benzene ring substituents is 1. The topological polar surface area (TPSA) is 106 Å². The van der Waals surface area contributed by atoms with Crippen molar-refractivity contribution in [3.05, 3.63) is 70.3 Å². The molecule has 1 atom stereocenters. The molecule has 2 aromatic rings. The Morgan fingerprint density at radius 1 is 1.09 bits per heavy atom. The first-order chi connectivity index (χ1) is 10.8. The summed E-state index contributed by atoms with van der Waals surface area (Å²) in [7, 11) is -4.02. The summed E-state index contributed by atoms with van der Waals surface area (Å²) >= 11 is 0. The zero-order chi connectivity index (χ0) is 17.1. The number of nitrogens with one attached hydrogen (secondary N) is 1. The maximum atomic E-state index is 12.4. The van der Waals surface area contributed by atoms with E-state index in [9.17, 15) is 23.3 Å². The third-order valence-electron chi connectivity index (χ3n) is 3.31. The van der Waals surface area contributed by atoms with Crippen LogP contribution in [0.2, 0.25) is 0 Å². The van der Waals surface area contributed by atoms with Crippen LogP contribution in [0.5, 0.6) is 0 Å². The maximum absolute atomic E-state index is 12.4. The lowest BCUT2D eigenvalue weighted by molar-refractivity contribution is -0.384. The molecule has 2 rings (SSSR count). The molecular formula is C15H14N2O5S. The molecule has 0 radical (unpaired) electrons. The van der Waals surface area contributed by atoms with Crippen molar-refractivity contribution in [2.75, 3.05) is 0 Å². The summed E-state index contributed by atoms with van der Waals surface area (Å²) in [4.78, 5) is 21.3. The van der Waals surface area contributed by atoms with Gasteiger partial charge in [-0.2, -0.15) is 4.72 Å². The molecule has 2 aromatic carbocycles. The lowest BCUT2D eigenvalue weighted by Crippen LogP contribution is -2.44. The number of carbonyl (C=O) groups excluding carboxylic acids is 1. The quantitative estimate of drug-likeness (QED) is 0.494. The van der Waals surface area contributed by atoms with E-state index in [1.54, 1.807) is 30.3 Å². The minimum atomic E-state index is -4.02. The second-order valence-corrected chi connectivity index (χ2v) is 6.73. The fourth-order valence-corrected chi connectivity index (χ4v) is 3.36. The van der Waals surface area contributed by atoms with Crippen molar-refractivity contribution < 1.29 is 18.1 Å². The standard InChI is InChI=1S/C15H14N2O5S/c1-15(11-18,12-5-3-2-4-6-12)16-23(21,22)14-9-7-13(8-10-14)17(19)20/h2-11,16H,1H3/t15-/m1/s1. The number of sulfonamides is 1. The van der Waals surface area contributed by atoms with E-state index < -0.39 is 20.5 Å². The first-order valence-electron chi connectivity index (χ1n) is 6.59. The van der Waals surface area contributed by atoms with E-state index in [4.69, 9.17) is 0 Å². The third kappa shape index (κ3) is 3.61. The van der Waals surface area contributed by atoms with E-state index in [1.165, 1.54) is 6.92 Å². The molecule has 0 fully saturated rings. The van der Waals surface area contributed by atoms with Crippen molar-refractivity contribution in [1.29, 1.82) is 0 Å². The smallest absolute Gasteiger partial charge is 0.269 e. The Bertz CT molecular complexity index is 819. The van der Waals surface area contributed by atoms with Gasteiger partial charge in [0.15, 0.2) is 0 Å². The molecule has 120 valence electrons. The van der Waals surface area contributed by atoms with Crippen LogP contribution in [-0.2, 0) is 20.4 Å². The zero-order valence-corrected chi connectivity index (χ0v) is 13.0.